The highest BCUT2D eigenvalue weighted by Crippen LogP contribution is 2.16. The van der Waals surface area contributed by atoms with E-state index in [9.17, 15) is 14.0 Å². The SMILES string of the molecule is O=C(OCC(=O)c1ccccc1F)c1ccc2ccccc2c1. The van der Waals surface area contributed by atoms with Crippen molar-refractivity contribution in [2.45, 2.75) is 0 Å². The third-order valence-electron chi connectivity index (χ3n) is 3.49. The van der Waals surface area contributed by atoms with E-state index in [0.717, 1.165) is 10.8 Å². The average molecular weight is 308 g/mol. The summed E-state index contributed by atoms with van der Waals surface area (Å²) in [5, 5.41) is 1.91. The minimum Gasteiger partial charge on any atom is -0.454 e. The lowest BCUT2D eigenvalue weighted by atomic mass is 10.1. The average Bonchev–Trinajstić information content (AvgIpc) is 2.59. The largest absolute Gasteiger partial charge is 0.454 e. The van der Waals surface area contributed by atoms with Crippen molar-refractivity contribution in [1.82, 2.24) is 0 Å². The van der Waals surface area contributed by atoms with Crippen molar-refractivity contribution in [3.05, 3.63) is 83.7 Å². The molecule has 23 heavy (non-hydrogen) atoms. The molecule has 0 spiro atoms. The van der Waals surface area contributed by atoms with Crippen LogP contribution in [0.25, 0.3) is 10.8 Å². The summed E-state index contributed by atoms with van der Waals surface area (Å²) in [6.07, 6.45) is 0. The number of rotatable bonds is 4. The molecule has 114 valence electrons. The van der Waals surface area contributed by atoms with Crippen LogP contribution in [0.15, 0.2) is 66.7 Å². The standard InChI is InChI=1S/C19H13FO3/c20-17-8-4-3-7-16(17)18(21)12-23-19(22)15-10-9-13-5-1-2-6-14(13)11-15/h1-11H,12H2. The Balaban J connectivity index is 1.71. The molecule has 3 nitrogen and oxygen atoms in total. The number of benzene rings is 3. The van der Waals surface area contributed by atoms with Crippen LogP contribution in [0, 0.1) is 5.82 Å². The van der Waals surface area contributed by atoms with Crippen LogP contribution in [0.4, 0.5) is 4.39 Å². The number of fused-ring (bicyclic) bond motifs is 1. The van der Waals surface area contributed by atoms with Crippen molar-refractivity contribution in [3.63, 3.8) is 0 Å². The van der Waals surface area contributed by atoms with Crippen LogP contribution in [0.3, 0.4) is 0 Å². The van der Waals surface area contributed by atoms with E-state index in [4.69, 9.17) is 4.74 Å². The molecule has 3 aromatic rings. The Morgan fingerprint density at radius 2 is 1.57 bits per heavy atom. The molecule has 0 bridgehead atoms. The van der Waals surface area contributed by atoms with Gasteiger partial charge in [0, 0.05) is 0 Å². The minimum atomic E-state index is -0.626. The number of halogens is 1. The van der Waals surface area contributed by atoms with Gasteiger partial charge < -0.3 is 4.74 Å². The molecule has 0 unspecified atom stereocenters. The molecule has 0 aliphatic carbocycles. The molecule has 0 fully saturated rings. The van der Waals surface area contributed by atoms with Gasteiger partial charge in [-0.3, -0.25) is 4.79 Å². The van der Waals surface area contributed by atoms with Gasteiger partial charge in [0.1, 0.15) is 5.82 Å². The fraction of sp³-hybridized carbons (Fsp3) is 0.0526. The van der Waals surface area contributed by atoms with Gasteiger partial charge in [-0.2, -0.15) is 0 Å². The molecule has 0 aliphatic rings. The van der Waals surface area contributed by atoms with E-state index in [1.807, 2.05) is 30.3 Å². The van der Waals surface area contributed by atoms with E-state index in [2.05, 4.69) is 0 Å². The minimum absolute atomic E-state index is 0.0844. The first kappa shape index (κ1) is 14.9. The second-order valence-corrected chi connectivity index (χ2v) is 5.04. The van der Waals surface area contributed by atoms with Gasteiger partial charge in [-0.15, -0.1) is 0 Å². The van der Waals surface area contributed by atoms with Crippen LogP contribution in [-0.2, 0) is 4.74 Å². The molecule has 0 aromatic heterocycles. The van der Waals surface area contributed by atoms with Gasteiger partial charge in [0.25, 0.3) is 0 Å². The monoisotopic (exact) mass is 308 g/mol. The smallest absolute Gasteiger partial charge is 0.338 e. The topological polar surface area (TPSA) is 43.4 Å². The van der Waals surface area contributed by atoms with Gasteiger partial charge in [0.15, 0.2) is 6.61 Å². The number of carbonyl (C=O) groups excluding carboxylic acids is 2. The lowest BCUT2D eigenvalue weighted by Crippen LogP contribution is -2.15. The Morgan fingerprint density at radius 3 is 2.35 bits per heavy atom. The number of esters is 1. The number of Topliss-reactive ketones (excluding diaryl/α,β-unsaturated/α-hetero) is 1. The number of ether oxygens (including phenoxy) is 1. The molecule has 4 heteroatoms. The summed E-state index contributed by atoms with van der Waals surface area (Å²) in [6.45, 7) is -0.493. The predicted molar refractivity (Wildman–Crippen MR) is 85.0 cm³/mol. The number of hydrogen-bond acceptors (Lipinski definition) is 3. The summed E-state index contributed by atoms with van der Waals surface area (Å²) in [6, 6.07) is 18.4. The maximum absolute atomic E-state index is 13.5. The number of hydrogen-bond donors (Lipinski definition) is 0. The summed E-state index contributed by atoms with van der Waals surface area (Å²) < 4.78 is 18.5. The van der Waals surface area contributed by atoms with Crippen LogP contribution in [0.5, 0.6) is 0 Å². The molecule has 0 aliphatic heterocycles. The van der Waals surface area contributed by atoms with E-state index >= 15 is 0 Å². The van der Waals surface area contributed by atoms with Crippen LogP contribution >= 0.6 is 0 Å². The summed E-state index contributed by atoms with van der Waals surface area (Å²) in [4.78, 5) is 23.9. The van der Waals surface area contributed by atoms with Gasteiger partial charge in [-0.25, -0.2) is 9.18 Å². The highest BCUT2D eigenvalue weighted by Gasteiger charge is 2.14. The molecule has 3 rings (SSSR count). The molecule has 0 saturated carbocycles. The van der Waals surface area contributed by atoms with Crippen LogP contribution < -0.4 is 0 Å². The van der Waals surface area contributed by atoms with Crippen molar-refractivity contribution in [1.29, 1.82) is 0 Å². The van der Waals surface area contributed by atoms with Crippen LogP contribution in [0.1, 0.15) is 20.7 Å². The Kier molecular flexibility index (Phi) is 4.15. The van der Waals surface area contributed by atoms with Gasteiger partial charge in [-0.1, -0.05) is 42.5 Å². The lowest BCUT2D eigenvalue weighted by Gasteiger charge is -2.06. The zero-order chi connectivity index (χ0) is 16.2. The molecule has 0 heterocycles. The number of carbonyl (C=O) groups is 2. The van der Waals surface area contributed by atoms with E-state index in [1.165, 1.54) is 18.2 Å². The van der Waals surface area contributed by atoms with Gasteiger partial charge in [0.05, 0.1) is 11.1 Å². The Bertz CT molecular complexity index is 886. The molecule has 0 amide bonds. The van der Waals surface area contributed by atoms with Gasteiger partial charge >= 0.3 is 5.97 Å². The summed E-state index contributed by atoms with van der Waals surface area (Å²) in [5.41, 5.74) is 0.267. The first-order chi connectivity index (χ1) is 11.1. The van der Waals surface area contributed by atoms with E-state index in [-0.39, 0.29) is 5.56 Å². The molecular weight excluding hydrogens is 295 g/mol. The predicted octanol–water partition coefficient (Wildman–Crippen LogP) is 4.02. The molecule has 0 radical (unpaired) electrons. The fourth-order valence-electron chi connectivity index (χ4n) is 2.30. The third-order valence-corrected chi connectivity index (χ3v) is 3.49. The molecule has 0 saturated heterocycles. The summed E-state index contributed by atoms with van der Waals surface area (Å²) in [7, 11) is 0. The molecule has 3 aromatic carbocycles. The quantitative estimate of drug-likeness (QED) is 0.540. The summed E-state index contributed by atoms with van der Waals surface area (Å²) >= 11 is 0. The zero-order valence-corrected chi connectivity index (χ0v) is 12.2. The highest BCUT2D eigenvalue weighted by atomic mass is 19.1. The van der Waals surface area contributed by atoms with Crippen molar-refractivity contribution in [2.24, 2.45) is 0 Å². The van der Waals surface area contributed by atoms with Crippen LogP contribution in [0.2, 0.25) is 0 Å². The first-order valence-corrected chi connectivity index (χ1v) is 7.09. The Labute approximate surface area is 132 Å². The maximum atomic E-state index is 13.5. The lowest BCUT2D eigenvalue weighted by molar-refractivity contribution is 0.0473. The Hall–Kier alpha value is -3.01. The summed E-state index contributed by atoms with van der Waals surface area (Å²) in [5.74, 6) is -1.81. The Morgan fingerprint density at radius 1 is 0.870 bits per heavy atom. The van der Waals surface area contributed by atoms with Crippen LogP contribution in [-0.4, -0.2) is 18.4 Å². The van der Waals surface area contributed by atoms with Crippen molar-refractivity contribution >= 4 is 22.5 Å². The first-order valence-electron chi connectivity index (χ1n) is 7.09. The van der Waals surface area contributed by atoms with Crippen molar-refractivity contribution in [2.75, 3.05) is 6.61 Å². The third kappa shape index (κ3) is 3.26. The molecule has 0 N–H and O–H groups in total. The fourth-order valence-corrected chi connectivity index (χ4v) is 2.30. The van der Waals surface area contributed by atoms with E-state index in [0.29, 0.717) is 5.56 Å². The second kappa shape index (κ2) is 6.40. The van der Waals surface area contributed by atoms with Crippen molar-refractivity contribution in [3.8, 4) is 0 Å². The molecule has 0 atom stereocenters. The van der Waals surface area contributed by atoms with Crippen molar-refractivity contribution < 1.29 is 18.7 Å². The van der Waals surface area contributed by atoms with Gasteiger partial charge in [-0.05, 0) is 35.0 Å². The van der Waals surface area contributed by atoms with Gasteiger partial charge in [0.2, 0.25) is 5.78 Å². The van der Waals surface area contributed by atoms with E-state index < -0.39 is 24.2 Å². The molecular formula is C19H13FO3. The van der Waals surface area contributed by atoms with E-state index in [1.54, 1.807) is 18.2 Å². The zero-order valence-electron chi connectivity index (χ0n) is 12.2. The number of ketones is 1. The normalized spacial score (nSPS) is 10.5. The highest BCUT2D eigenvalue weighted by molar-refractivity contribution is 6.00. The maximum Gasteiger partial charge on any atom is 0.338 e. The second-order valence-electron chi connectivity index (χ2n) is 5.04.